The van der Waals surface area contributed by atoms with Crippen LogP contribution in [0.3, 0.4) is 0 Å². The molecule has 0 aliphatic heterocycles. The highest BCUT2D eigenvalue weighted by Gasteiger charge is 2.37. The summed E-state index contributed by atoms with van der Waals surface area (Å²) in [4.78, 5) is 20.7. The molecule has 3 aromatic rings. The molecular formula is C26H28N2O4. The van der Waals surface area contributed by atoms with Crippen LogP contribution in [0.4, 0.5) is 0 Å². The molecule has 1 aromatic heterocycles. The van der Waals surface area contributed by atoms with Crippen LogP contribution in [0.15, 0.2) is 42.5 Å². The number of methoxy groups -OCH3 is 3. The van der Waals surface area contributed by atoms with Gasteiger partial charge in [-0.2, -0.15) is 0 Å². The Morgan fingerprint density at radius 1 is 0.969 bits per heavy atom. The minimum absolute atomic E-state index is 0.103. The van der Waals surface area contributed by atoms with E-state index < -0.39 is 0 Å². The predicted octanol–water partition coefficient (Wildman–Crippen LogP) is 4.94. The van der Waals surface area contributed by atoms with Crippen molar-refractivity contribution < 1.29 is 19.0 Å². The summed E-state index contributed by atoms with van der Waals surface area (Å²) in [6.07, 6.45) is 4.65. The number of para-hydroxylation sites is 1. The molecular weight excluding hydrogens is 404 g/mol. The van der Waals surface area contributed by atoms with E-state index in [0.29, 0.717) is 40.5 Å². The Bertz CT molecular complexity index is 1140. The molecule has 6 heteroatoms. The molecule has 2 saturated carbocycles. The summed E-state index contributed by atoms with van der Waals surface area (Å²) in [6, 6.07) is 13.9. The van der Waals surface area contributed by atoms with Crippen LogP contribution in [0.2, 0.25) is 0 Å². The van der Waals surface area contributed by atoms with Crippen molar-refractivity contribution >= 4 is 16.8 Å². The molecule has 2 aliphatic carbocycles. The molecule has 32 heavy (non-hydrogen) atoms. The van der Waals surface area contributed by atoms with Crippen LogP contribution in [0.5, 0.6) is 17.2 Å². The first kappa shape index (κ1) is 20.6. The summed E-state index contributed by atoms with van der Waals surface area (Å²) in [6.45, 7) is 0.861. The summed E-state index contributed by atoms with van der Waals surface area (Å²) in [5.74, 6) is 2.39. The maximum atomic E-state index is 13.8. The molecule has 166 valence electrons. The van der Waals surface area contributed by atoms with Gasteiger partial charge in [0.05, 0.1) is 38.1 Å². The quantitative estimate of drug-likeness (QED) is 0.504. The number of aromatic nitrogens is 1. The number of carbonyl (C=O) groups excluding carboxylic acids is 1. The molecule has 6 nitrogen and oxygen atoms in total. The molecule has 0 spiro atoms. The van der Waals surface area contributed by atoms with Gasteiger partial charge in [0.25, 0.3) is 5.91 Å². The van der Waals surface area contributed by atoms with Crippen LogP contribution >= 0.6 is 0 Å². The minimum Gasteiger partial charge on any atom is -0.493 e. The SMILES string of the molecule is COc1cc(-c2cc(C(=O)N(CC3CC3)C3CC3)c3ccccc3n2)cc(OC)c1OC. The molecule has 2 aromatic carbocycles. The fourth-order valence-electron chi connectivity index (χ4n) is 4.25. The molecule has 1 amide bonds. The van der Waals surface area contributed by atoms with Gasteiger partial charge >= 0.3 is 0 Å². The van der Waals surface area contributed by atoms with Crippen LogP contribution < -0.4 is 14.2 Å². The molecule has 0 bridgehead atoms. The van der Waals surface area contributed by atoms with Crippen molar-refractivity contribution in [2.45, 2.75) is 31.7 Å². The topological polar surface area (TPSA) is 60.9 Å². The van der Waals surface area contributed by atoms with Crippen molar-refractivity contribution in [3.05, 3.63) is 48.0 Å². The third-order valence-electron chi connectivity index (χ3n) is 6.31. The van der Waals surface area contributed by atoms with Gasteiger partial charge in [-0.05, 0) is 55.9 Å². The smallest absolute Gasteiger partial charge is 0.254 e. The lowest BCUT2D eigenvalue weighted by Crippen LogP contribution is -2.35. The van der Waals surface area contributed by atoms with Gasteiger partial charge in [-0.25, -0.2) is 4.98 Å². The lowest BCUT2D eigenvalue weighted by molar-refractivity contribution is 0.0737. The number of amides is 1. The van der Waals surface area contributed by atoms with Gasteiger partial charge in [0, 0.05) is 23.5 Å². The lowest BCUT2D eigenvalue weighted by atomic mass is 10.0. The second-order valence-electron chi connectivity index (χ2n) is 8.62. The number of carbonyl (C=O) groups is 1. The fraction of sp³-hybridized carbons (Fsp3) is 0.385. The van der Waals surface area contributed by atoms with Crippen LogP contribution in [0, 0.1) is 5.92 Å². The third kappa shape index (κ3) is 3.85. The van der Waals surface area contributed by atoms with Crippen LogP contribution in [0.25, 0.3) is 22.2 Å². The molecule has 2 fully saturated rings. The zero-order valence-electron chi connectivity index (χ0n) is 18.8. The first-order chi connectivity index (χ1) is 15.6. The van der Waals surface area contributed by atoms with Gasteiger partial charge in [0.2, 0.25) is 5.75 Å². The summed E-state index contributed by atoms with van der Waals surface area (Å²) in [7, 11) is 4.77. The van der Waals surface area contributed by atoms with E-state index in [4.69, 9.17) is 19.2 Å². The first-order valence-corrected chi connectivity index (χ1v) is 11.1. The number of rotatable bonds is 8. The van der Waals surface area contributed by atoms with Crippen LogP contribution in [-0.2, 0) is 0 Å². The van der Waals surface area contributed by atoms with Crippen molar-refractivity contribution in [2.75, 3.05) is 27.9 Å². The van der Waals surface area contributed by atoms with E-state index in [-0.39, 0.29) is 5.91 Å². The second-order valence-corrected chi connectivity index (χ2v) is 8.62. The number of benzene rings is 2. The summed E-state index contributed by atoms with van der Waals surface area (Å²) in [5, 5.41) is 0.884. The van der Waals surface area contributed by atoms with Crippen LogP contribution in [0.1, 0.15) is 36.0 Å². The highest BCUT2D eigenvalue weighted by atomic mass is 16.5. The summed E-state index contributed by atoms with van der Waals surface area (Å²) < 4.78 is 16.5. The van der Waals surface area contributed by atoms with E-state index in [1.54, 1.807) is 21.3 Å². The molecule has 0 saturated heterocycles. The van der Waals surface area contributed by atoms with Crippen molar-refractivity contribution in [1.82, 2.24) is 9.88 Å². The average Bonchev–Trinajstić information content (AvgIpc) is 3.75. The molecule has 0 N–H and O–H groups in total. The zero-order chi connectivity index (χ0) is 22.2. The molecule has 1 heterocycles. The van der Waals surface area contributed by atoms with E-state index in [9.17, 15) is 4.79 Å². The monoisotopic (exact) mass is 432 g/mol. The third-order valence-corrected chi connectivity index (χ3v) is 6.31. The van der Waals surface area contributed by atoms with Gasteiger partial charge in [-0.1, -0.05) is 18.2 Å². The first-order valence-electron chi connectivity index (χ1n) is 11.1. The zero-order valence-corrected chi connectivity index (χ0v) is 18.8. The van der Waals surface area contributed by atoms with Gasteiger partial charge in [0.1, 0.15) is 0 Å². The maximum absolute atomic E-state index is 13.8. The standard InChI is InChI=1S/C26H28N2O4/c1-30-23-12-17(13-24(31-2)25(23)32-3)22-14-20(19-6-4-5-7-21(19)27-22)26(29)28(18-10-11-18)15-16-8-9-16/h4-7,12-14,16,18H,8-11,15H2,1-3H3. The van der Waals surface area contributed by atoms with Gasteiger partial charge < -0.3 is 19.1 Å². The highest BCUT2D eigenvalue weighted by Crippen LogP contribution is 2.42. The summed E-state index contributed by atoms with van der Waals surface area (Å²) in [5.41, 5.74) is 3.00. The van der Waals surface area contributed by atoms with Crippen LogP contribution in [-0.4, -0.2) is 49.7 Å². The lowest BCUT2D eigenvalue weighted by Gasteiger charge is -2.23. The Labute approximate surface area is 188 Å². The molecule has 0 atom stereocenters. The fourth-order valence-corrected chi connectivity index (χ4v) is 4.25. The number of pyridine rings is 1. The molecule has 0 unspecified atom stereocenters. The number of ether oxygens (including phenoxy) is 3. The number of nitrogens with zero attached hydrogens (tertiary/aromatic N) is 2. The largest absolute Gasteiger partial charge is 0.493 e. The van der Waals surface area contributed by atoms with Gasteiger partial charge in [-0.3, -0.25) is 4.79 Å². The van der Waals surface area contributed by atoms with E-state index in [2.05, 4.69) is 4.90 Å². The Hall–Kier alpha value is -3.28. The Kier molecular flexibility index (Phi) is 5.37. The Balaban J connectivity index is 1.63. The second kappa shape index (κ2) is 8.34. The average molecular weight is 433 g/mol. The molecule has 2 aliphatic rings. The predicted molar refractivity (Wildman–Crippen MR) is 124 cm³/mol. The van der Waals surface area contributed by atoms with E-state index in [1.807, 2.05) is 42.5 Å². The maximum Gasteiger partial charge on any atom is 0.254 e. The highest BCUT2D eigenvalue weighted by molar-refractivity contribution is 6.07. The van der Waals surface area contributed by atoms with E-state index in [0.717, 1.165) is 35.9 Å². The Morgan fingerprint density at radius 2 is 1.66 bits per heavy atom. The normalized spacial score (nSPS) is 15.5. The van der Waals surface area contributed by atoms with E-state index in [1.165, 1.54) is 12.8 Å². The van der Waals surface area contributed by atoms with Crippen molar-refractivity contribution in [1.29, 1.82) is 0 Å². The van der Waals surface area contributed by atoms with Gasteiger partial charge in [0.15, 0.2) is 11.5 Å². The Morgan fingerprint density at radius 3 is 2.25 bits per heavy atom. The molecule has 0 radical (unpaired) electrons. The van der Waals surface area contributed by atoms with Crippen molar-refractivity contribution in [3.63, 3.8) is 0 Å². The number of hydrogen-bond acceptors (Lipinski definition) is 5. The van der Waals surface area contributed by atoms with Crippen molar-refractivity contribution in [2.24, 2.45) is 5.92 Å². The number of hydrogen-bond donors (Lipinski definition) is 0. The summed E-state index contributed by atoms with van der Waals surface area (Å²) >= 11 is 0. The molecule has 5 rings (SSSR count). The minimum atomic E-state index is 0.103. The number of fused-ring (bicyclic) bond motifs is 1. The van der Waals surface area contributed by atoms with Gasteiger partial charge in [-0.15, -0.1) is 0 Å². The van der Waals surface area contributed by atoms with Crippen molar-refractivity contribution in [3.8, 4) is 28.5 Å². The van der Waals surface area contributed by atoms with E-state index >= 15 is 0 Å².